The Bertz CT molecular complexity index is 2230. The number of carbonyl (C=O) groups excluding carboxylic acids is 1. The molecule has 0 spiro atoms. The molecule has 0 radical (unpaired) electrons. The number of amides is 1. The molecule has 17 unspecified atom stereocenters. The van der Waals surface area contributed by atoms with E-state index in [2.05, 4.69) is 116 Å². The molecule has 3 aliphatic heterocycles. The third kappa shape index (κ3) is 40.6. The van der Waals surface area contributed by atoms with E-state index in [0.29, 0.717) is 12.8 Å². The Hall–Kier alpha value is -3.55. The van der Waals surface area contributed by atoms with Crippen molar-refractivity contribution in [2.45, 2.75) is 369 Å². The van der Waals surface area contributed by atoms with E-state index in [0.717, 1.165) is 83.5 Å². The monoisotopic (exact) mass is 1410 g/mol. The van der Waals surface area contributed by atoms with Crippen LogP contribution in [0.4, 0.5) is 0 Å². The summed E-state index contributed by atoms with van der Waals surface area (Å²) in [5.74, 6) is -0.287. The van der Waals surface area contributed by atoms with Crippen LogP contribution in [0, 0.1) is 0 Å². The van der Waals surface area contributed by atoms with Crippen molar-refractivity contribution in [2.24, 2.45) is 0 Å². The second-order valence-corrected chi connectivity index (χ2v) is 27.4. The Balaban J connectivity index is 1.32. The molecule has 0 aromatic heterocycles. The lowest BCUT2D eigenvalue weighted by Gasteiger charge is -2.48. The van der Waals surface area contributed by atoms with Crippen LogP contribution in [0.25, 0.3) is 0 Å². The van der Waals surface area contributed by atoms with Gasteiger partial charge in [-0.15, -0.1) is 0 Å². The SMILES string of the molecule is CC/C=C\C/C=C\C/C=C\C/C=C\C/C=C\C/C=C\C/C=C\CCCCCCCCCCCCCCCCCCCC(=O)NC(COC1OC(CO)C(OC2OC(CO)C(OC3OC(CO)C(O)C(O)C3O)C(O)C2O)C(O)C1O)C(O)/C=C/CC/C=C/CCCCCCCCCCCC. The Labute approximate surface area is 602 Å². The lowest BCUT2D eigenvalue weighted by atomic mass is 9.96. The molecule has 3 saturated heterocycles. The standard InChI is InChI=1S/C81H139NO18/c1-3-5-7-9-11-13-15-17-19-21-22-23-24-25-26-27-28-29-30-31-32-33-34-35-36-37-38-39-40-41-42-43-45-47-49-51-53-55-57-59-69(87)82-64(65(86)58-56-54-52-50-48-46-44-20-18-16-14-12-10-8-6-4-2)63-95-79-75(93)72(90)77(67(61-84)97-79)100-81-76(94)73(91)78(68(62-85)98-81)99-80-74(92)71(89)70(88)66(60-83)96-80/h5,7,11,13,17,19,22-23,25-26,28-29,31-32,48,50,56,58,64-68,70-81,83-86,88-94H,3-4,6,8-10,12,14-16,18,20-21,24,27,30,33-47,49,51-55,57,59-63H2,1-2H3,(H,82,87)/b7-5-,13-11-,19-17-,23-22-,26-25-,29-28-,32-31-,50-48+,58-56+. The molecule has 0 bridgehead atoms. The number of hydrogen-bond donors (Lipinski definition) is 12. The summed E-state index contributed by atoms with van der Waals surface area (Å²) in [7, 11) is 0. The first-order valence-corrected chi connectivity index (χ1v) is 39.1. The first-order chi connectivity index (χ1) is 48.8. The molecule has 3 fully saturated rings. The average Bonchev–Trinajstić information content (AvgIpc) is 0.784. The minimum Gasteiger partial charge on any atom is -0.394 e. The maximum atomic E-state index is 13.4. The van der Waals surface area contributed by atoms with Gasteiger partial charge in [-0.25, -0.2) is 0 Å². The van der Waals surface area contributed by atoms with Crippen LogP contribution < -0.4 is 5.32 Å². The van der Waals surface area contributed by atoms with Crippen molar-refractivity contribution in [1.82, 2.24) is 5.32 Å². The maximum Gasteiger partial charge on any atom is 0.220 e. The van der Waals surface area contributed by atoms with Crippen LogP contribution >= 0.6 is 0 Å². The van der Waals surface area contributed by atoms with Crippen LogP contribution in [-0.4, -0.2) is 193 Å². The normalized spacial score (nSPS) is 27.1. The molecule has 0 aliphatic carbocycles. The molecular formula is C81H139NO18. The van der Waals surface area contributed by atoms with E-state index in [1.807, 2.05) is 6.08 Å². The second kappa shape index (κ2) is 60.7. The molecular weight excluding hydrogens is 1270 g/mol. The number of aliphatic hydroxyl groups excluding tert-OH is 11. The van der Waals surface area contributed by atoms with E-state index < -0.39 is 124 Å². The highest BCUT2D eigenvalue weighted by Crippen LogP contribution is 2.33. The van der Waals surface area contributed by atoms with Crippen LogP contribution in [0.2, 0.25) is 0 Å². The van der Waals surface area contributed by atoms with Crippen LogP contribution in [0.1, 0.15) is 264 Å². The molecule has 0 aromatic rings. The van der Waals surface area contributed by atoms with Gasteiger partial charge in [-0.1, -0.05) is 277 Å². The van der Waals surface area contributed by atoms with Gasteiger partial charge in [-0.05, 0) is 89.9 Å². The summed E-state index contributed by atoms with van der Waals surface area (Å²) < 4.78 is 34.4. The molecule has 19 nitrogen and oxygen atoms in total. The van der Waals surface area contributed by atoms with Crippen LogP contribution in [0.15, 0.2) is 109 Å². The second-order valence-electron chi connectivity index (χ2n) is 27.4. The number of rotatable bonds is 60. The van der Waals surface area contributed by atoms with E-state index in [1.165, 1.54) is 148 Å². The van der Waals surface area contributed by atoms with Gasteiger partial charge in [0.2, 0.25) is 5.91 Å². The van der Waals surface area contributed by atoms with Crippen molar-refractivity contribution < 1.29 is 89.4 Å². The molecule has 0 aromatic carbocycles. The number of carbonyl (C=O) groups is 1. The molecule has 0 saturated carbocycles. The van der Waals surface area contributed by atoms with E-state index in [-0.39, 0.29) is 18.9 Å². The highest BCUT2D eigenvalue weighted by atomic mass is 16.8. The topological polar surface area (TPSA) is 307 Å². The molecule has 3 heterocycles. The van der Waals surface area contributed by atoms with Crippen LogP contribution in [0.5, 0.6) is 0 Å². The zero-order chi connectivity index (χ0) is 72.5. The number of aliphatic hydroxyl groups is 11. The number of hydrogen-bond acceptors (Lipinski definition) is 18. The highest BCUT2D eigenvalue weighted by molar-refractivity contribution is 5.76. The quantitative estimate of drug-likeness (QED) is 0.0199. The lowest BCUT2D eigenvalue weighted by Crippen LogP contribution is -2.66. The molecule has 100 heavy (non-hydrogen) atoms. The Morgan fingerprint density at radius 1 is 0.370 bits per heavy atom. The van der Waals surface area contributed by atoms with E-state index >= 15 is 0 Å². The third-order valence-corrected chi connectivity index (χ3v) is 18.8. The van der Waals surface area contributed by atoms with Gasteiger partial charge in [0.05, 0.1) is 38.6 Å². The predicted molar refractivity (Wildman–Crippen MR) is 397 cm³/mol. The summed E-state index contributed by atoms with van der Waals surface area (Å²) in [6, 6.07) is -0.995. The fourth-order valence-corrected chi connectivity index (χ4v) is 12.5. The Kier molecular flexibility index (Phi) is 55.0. The van der Waals surface area contributed by atoms with Gasteiger partial charge in [-0.2, -0.15) is 0 Å². The smallest absolute Gasteiger partial charge is 0.220 e. The summed E-state index contributed by atoms with van der Waals surface area (Å²) >= 11 is 0. The lowest BCUT2D eigenvalue weighted by molar-refractivity contribution is -0.379. The van der Waals surface area contributed by atoms with Crippen LogP contribution in [0.3, 0.4) is 0 Å². The van der Waals surface area contributed by atoms with Gasteiger partial charge < -0.3 is 89.9 Å². The molecule has 19 heteroatoms. The number of allylic oxidation sites excluding steroid dienone is 17. The van der Waals surface area contributed by atoms with Crippen molar-refractivity contribution >= 4 is 5.91 Å². The van der Waals surface area contributed by atoms with Gasteiger partial charge in [0.25, 0.3) is 0 Å². The highest BCUT2D eigenvalue weighted by Gasteiger charge is 2.53. The van der Waals surface area contributed by atoms with E-state index in [1.54, 1.807) is 6.08 Å². The summed E-state index contributed by atoms with van der Waals surface area (Å²) in [5.41, 5.74) is 0. The summed E-state index contributed by atoms with van der Waals surface area (Å²) in [5, 5.41) is 121. The van der Waals surface area contributed by atoms with E-state index in [4.69, 9.17) is 28.4 Å². The van der Waals surface area contributed by atoms with Crippen molar-refractivity contribution in [1.29, 1.82) is 0 Å². The Morgan fingerprint density at radius 3 is 1.12 bits per heavy atom. The van der Waals surface area contributed by atoms with Gasteiger partial charge in [0.15, 0.2) is 18.9 Å². The fourth-order valence-electron chi connectivity index (χ4n) is 12.5. The summed E-state index contributed by atoms with van der Waals surface area (Å²) in [6.07, 6.45) is 56.6. The van der Waals surface area contributed by atoms with Gasteiger partial charge in [-0.3, -0.25) is 4.79 Å². The first-order valence-electron chi connectivity index (χ1n) is 39.1. The zero-order valence-electron chi connectivity index (χ0n) is 61.4. The first kappa shape index (κ1) is 90.7. The van der Waals surface area contributed by atoms with Gasteiger partial charge in [0.1, 0.15) is 73.2 Å². The zero-order valence-corrected chi connectivity index (χ0v) is 61.4. The number of nitrogens with one attached hydrogen (secondary N) is 1. The largest absolute Gasteiger partial charge is 0.394 e. The molecule has 576 valence electrons. The average molecular weight is 1410 g/mol. The molecule has 1 amide bonds. The predicted octanol–water partition coefficient (Wildman–Crippen LogP) is 12.6. The molecule has 3 aliphatic rings. The molecule has 17 atom stereocenters. The molecule has 3 rings (SSSR count). The Morgan fingerprint density at radius 2 is 0.700 bits per heavy atom. The van der Waals surface area contributed by atoms with Gasteiger partial charge >= 0.3 is 0 Å². The third-order valence-electron chi connectivity index (χ3n) is 18.8. The summed E-state index contributed by atoms with van der Waals surface area (Å²) in [6.45, 7) is 1.60. The van der Waals surface area contributed by atoms with Crippen molar-refractivity contribution in [3.63, 3.8) is 0 Å². The summed E-state index contributed by atoms with van der Waals surface area (Å²) in [4.78, 5) is 13.4. The maximum absolute atomic E-state index is 13.4. The fraction of sp³-hybridized carbons (Fsp3) is 0.765. The minimum atomic E-state index is -1.98. The van der Waals surface area contributed by atoms with Gasteiger partial charge in [0, 0.05) is 6.42 Å². The van der Waals surface area contributed by atoms with Crippen molar-refractivity contribution in [3.05, 3.63) is 109 Å². The van der Waals surface area contributed by atoms with Crippen molar-refractivity contribution in [2.75, 3.05) is 26.4 Å². The van der Waals surface area contributed by atoms with Crippen molar-refractivity contribution in [3.8, 4) is 0 Å². The molecule has 12 N–H and O–H groups in total. The number of ether oxygens (including phenoxy) is 6. The van der Waals surface area contributed by atoms with E-state index in [9.17, 15) is 61.0 Å². The minimum absolute atomic E-state index is 0.232. The number of unbranched alkanes of at least 4 members (excludes halogenated alkanes) is 28. The van der Waals surface area contributed by atoms with Crippen LogP contribution in [-0.2, 0) is 33.2 Å².